The quantitative estimate of drug-likeness (QED) is 0.842. The van der Waals surface area contributed by atoms with E-state index in [-0.39, 0.29) is 6.04 Å². The summed E-state index contributed by atoms with van der Waals surface area (Å²) in [5.41, 5.74) is 2.41. The first-order valence-corrected chi connectivity index (χ1v) is 7.63. The maximum atomic E-state index is 5.35. The molecular weight excluding hydrogens is 330 g/mol. The maximum absolute atomic E-state index is 5.35. The minimum absolute atomic E-state index is 0.284. The topological polar surface area (TPSA) is 30.5 Å². The molecule has 0 aliphatic carbocycles. The van der Waals surface area contributed by atoms with Gasteiger partial charge in [-0.3, -0.25) is 0 Å². The fraction of sp³-hybridized carbons (Fsp3) is 0.294. The highest BCUT2D eigenvalue weighted by Gasteiger charge is 2.11. The summed E-state index contributed by atoms with van der Waals surface area (Å²) < 4.78 is 11.6. The van der Waals surface area contributed by atoms with Crippen molar-refractivity contribution >= 4 is 15.9 Å². The lowest BCUT2D eigenvalue weighted by atomic mass is 10.1. The van der Waals surface area contributed by atoms with Crippen molar-refractivity contribution in [3.05, 3.63) is 58.1 Å². The Bertz CT molecular complexity index is 587. The average Bonchev–Trinajstić information content (AvgIpc) is 2.53. The molecule has 0 amide bonds. The van der Waals surface area contributed by atoms with Crippen LogP contribution in [0.5, 0.6) is 11.5 Å². The third kappa shape index (κ3) is 3.99. The van der Waals surface area contributed by atoms with Crippen LogP contribution in [0.15, 0.2) is 46.9 Å². The van der Waals surface area contributed by atoms with Gasteiger partial charge in [0.05, 0.1) is 14.2 Å². The van der Waals surface area contributed by atoms with Gasteiger partial charge in [-0.05, 0) is 30.2 Å². The first kappa shape index (κ1) is 15.9. The molecule has 1 atom stereocenters. The van der Waals surface area contributed by atoms with Crippen molar-refractivity contribution in [3.63, 3.8) is 0 Å². The van der Waals surface area contributed by atoms with Crippen molar-refractivity contribution in [1.82, 2.24) is 5.32 Å². The molecule has 2 rings (SSSR count). The fourth-order valence-corrected chi connectivity index (χ4v) is 2.62. The Balaban J connectivity index is 2.09. The van der Waals surface area contributed by atoms with Crippen molar-refractivity contribution in [2.24, 2.45) is 0 Å². The molecule has 0 heterocycles. The van der Waals surface area contributed by atoms with E-state index in [1.807, 2.05) is 18.2 Å². The van der Waals surface area contributed by atoms with E-state index in [4.69, 9.17) is 9.47 Å². The van der Waals surface area contributed by atoms with Crippen LogP contribution in [0.1, 0.15) is 24.1 Å². The molecule has 0 aromatic heterocycles. The number of nitrogens with one attached hydrogen (secondary N) is 1. The Morgan fingerprint density at radius 2 is 1.67 bits per heavy atom. The predicted octanol–water partition coefficient (Wildman–Crippen LogP) is 4.32. The lowest BCUT2D eigenvalue weighted by Crippen LogP contribution is -2.18. The third-order valence-electron chi connectivity index (χ3n) is 3.45. The molecule has 1 N–H and O–H groups in total. The van der Waals surface area contributed by atoms with Crippen LogP contribution < -0.4 is 14.8 Å². The smallest absolute Gasteiger partial charge is 0.161 e. The minimum atomic E-state index is 0.284. The molecule has 0 fully saturated rings. The summed E-state index contributed by atoms with van der Waals surface area (Å²) in [4.78, 5) is 0. The highest BCUT2D eigenvalue weighted by molar-refractivity contribution is 9.10. The Kier molecular flexibility index (Phi) is 5.65. The van der Waals surface area contributed by atoms with Gasteiger partial charge in [0.25, 0.3) is 0 Å². The van der Waals surface area contributed by atoms with Gasteiger partial charge in [-0.25, -0.2) is 0 Å². The second-order valence-corrected chi connectivity index (χ2v) is 5.67. The SMILES string of the molecule is COc1cc(Br)c(CNC(C)c2ccccc2)cc1OC. The number of ether oxygens (including phenoxy) is 2. The first-order valence-electron chi connectivity index (χ1n) is 6.84. The van der Waals surface area contributed by atoms with Crippen molar-refractivity contribution in [1.29, 1.82) is 0 Å². The van der Waals surface area contributed by atoms with Crippen LogP contribution in [0.2, 0.25) is 0 Å². The lowest BCUT2D eigenvalue weighted by Gasteiger charge is -2.16. The van der Waals surface area contributed by atoms with Crippen molar-refractivity contribution in [2.75, 3.05) is 14.2 Å². The molecule has 4 heteroatoms. The van der Waals surface area contributed by atoms with Gasteiger partial charge in [0, 0.05) is 17.1 Å². The molecular formula is C17H20BrNO2. The van der Waals surface area contributed by atoms with Crippen LogP contribution in [0.25, 0.3) is 0 Å². The fourth-order valence-electron chi connectivity index (χ4n) is 2.15. The highest BCUT2D eigenvalue weighted by atomic mass is 79.9. The van der Waals surface area contributed by atoms with Gasteiger partial charge in [0.15, 0.2) is 11.5 Å². The average molecular weight is 350 g/mol. The second kappa shape index (κ2) is 7.48. The van der Waals surface area contributed by atoms with Crippen molar-refractivity contribution in [3.8, 4) is 11.5 Å². The van der Waals surface area contributed by atoms with Gasteiger partial charge in [0.2, 0.25) is 0 Å². The van der Waals surface area contributed by atoms with Crippen LogP contribution in [0.4, 0.5) is 0 Å². The van der Waals surface area contributed by atoms with E-state index in [9.17, 15) is 0 Å². The van der Waals surface area contributed by atoms with Crippen molar-refractivity contribution in [2.45, 2.75) is 19.5 Å². The standard InChI is InChI=1S/C17H20BrNO2/c1-12(13-7-5-4-6-8-13)19-11-14-9-16(20-2)17(21-3)10-15(14)18/h4-10,12,19H,11H2,1-3H3. The molecule has 2 aromatic rings. The largest absolute Gasteiger partial charge is 0.493 e. The summed E-state index contributed by atoms with van der Waals surface area (Å²) in [5.74, 6) is 1.47. The molecule has 0 aliphatic rings. The normalized spacial score (nSPS) is 12.0. The summed E-state index contributed by atoms with van der Waals surface area (Å²) in [7, 11) is 3.29. The molecule has 2 aromatic carbocycles. The van der Waals surface area contributed by atoms with Gasteiger partial charge in [-0.15, -0.1) is 0 Å². The van der Waals surface area contributed by atoms with E-state index in [2.05, 4.69) is 52.4 Å². The minimum Gasteiger partial charge on any atom is -0.493 e. The van der Waals surface area contributed by atoms with E-state index >= 15 is 0 Å². The number of rotatable bonds is 6. The summed E-state index contributed by atoms with van der Waals surface area (Å²) in [5, 5.41) is 3.52. The van der Waals surface area contributed by atoms with Crippen LogP contribution in [0.3, 0.4) is 0 Å². The molecule has 112 valence electrons. The lowest BCUT2D eigenvalue weighted by molar-refractivity contribution is 0.354. The maximum Gasteiger partial charge on any atom is 0.161 e. The van der Waals surface area contributed by atoms with Crippen LogP contribution in [0, 0.1) is 0 Å². The predicted molar refractivity (Wildman–Crippen MR) is 88.9 cm³/mol. The zero-order valence-electron chi connectivity index (χ0n) is 12.5. The zero-order chi connectivity index (χ0) is 15.2. The van der Waals surface area contributed by atoms with Gasteiger partial charge in [-0.1, -0.05) is 46.3 Å². The molecule has 1 unspecified atom stereocenters. The molecule has 0 bridgehead atoms. The van der Waals surface area contributed by atoms with E-state index in [1.54, 1.807) is 14.2 Å². The molecule has 0 radical (unpaired) electrons. The summed E-state index contributed by atoms with van der Waals surface area (Å²) in [6.07, 6.45) is 0. The number of hydrogen-bond acceptors (Lipinski definition) is 3. The Morgan fingerprint density at radius 3 is 2.29 bits per heavy atom. The molecule has 3 nitrogen and oxygen atoms in total. The van der Waals surface area contributed by atoms with Gasteiger partial charge in [0.1, 0.15) is 0 Å². The summed E-state index contributed by atoms with van der Waals surface area (Å²) in [6.45, 7) is 2.90. The number of benzene rings is 2. The Labute approximate surface area is 134 Å². The van der Waals surface area contributed by atoms with Gasteiger partial charge >= 0.3 is 0 Å². The van der Waals surface area contributed by atoms with Crippen molar-refractivity contribution < 1.29 is 9.47 Å². The molecule has 0 saturated carbocycles. The number of methoxy groups -OCH3 is 2. The summed E-state index contributed by atoms with van der Waals surface area (Å²) in [6, 6.07) is 14.6. The first-order chi connectivity index (χ1) is 10.2. The summed E-state index contributed by atoms with van der Waals surface area (Å²) >= 11 is 3.58. The Morgan fingerprint density at radius 1 is 1.05 bits per heavy atom. The molecule has 0 aliphatic heterocycles. The molecule has 21 heavy (non-hydrogen) atoms. The van der Waals surface area contributed by atoms with Crippen LogP contribution in [-0.4, -0.2) is 14.2 Å². The number of halogens is 1. The third-order valence-corrected chi connectivity index (χ3v) is 4.19. The number of hydrogen-bond donors (Lipinski definition) is 1. The molecule has 0 spiro atoms. The van der Waals surface area contributed by atoms with Crippen LogP contribution in [-0.2, 0) is 6.54 Å². The highest BCUT2D eigenvalue weighted by Crippen LogP contribution is 2.33. The van der Waals surface area contributed by atoms with E-state index in [0.717, 1.165) is 28.1 Å². The van der Waals surface area contributed by atoms with Gasteiger partial charge in [-0.2, -0.15) is 0 Å². The van der Waals surface area contributed by atoms with E-state index < -0.39 is 0 Å². The molecule has 0 saturated heterocycles. The van der Waals surface area contributed by atoms with E-state index in [1.165, 1.54) is 5.56 Å². The Hall–Kier alpha value is -1.52. The monoisotopic (exact) mass is 349 g/mol. The van der Waals surface area contributed by atoms with Crippen LogP contribution >= 0.6 is 15.9 Å². The van der Waals surface area contributed by atoms with Gasteiger partial charge < -0.3 is 14.8 Å². The van der Waals surface area contributed by atoms with E-state index in [0.29, 0.717) is 0 Å². The second-order valence-electron chi connectivity index (χ2n) is 4.81. The zero-order valence-corrected chi connectivity index (χ0v) is 14.1.